The zero-order valence-electron chi connectivity index (χ0n) is 14.9. The zero-order chi connectivity index (χ0) is 18.0. The van der Waals surface area contributed by atoms with E-state index in [-0.39, 0.29) is 11.6 Å². The van der Waals surface area contributed by atoms with Gasteiger partial charge in [0.25, 0.3) is 0 Å². The van der Waals surface area contributed by atoms with Crippen molar-refractivity contribution in [3.63, 3.8) is 0 Å². The van der Waals surface area contributed by atoms with Gasteiger partial charge in [-0.2, -0.15) is 0 Å². The van der Waals surface area contributed by atoms with Crippen LogP contribution in [-0.4, -0.2) is 59.8 Å². The molecule has 1 amide bonds. The Morgan fingerprint density at radius 3 is 2.85 bits per heavy atom. The minimum atomic E-state index is -0.313. The maximum atomic E-state index is 12.2. The van der Waals surface area contributed by atoms with E-state index in [0.29, 0.717) is 19.0 Å². The average Bonchev–Trinajstić information content (AvgIpc) is 2.99. The lowest BCUT2D eigenvalue weighted by atomic mass is 9.88. The molecule has 3 heterocycles. The molecule has 0 radical (unpaired) electrons. The van der Waals surface area contributed by atoms with Gasteiger partial charge < -0.3 is 9.47 Å². The average molecular weight is 353 g/mol. The normalized spacial score (nSPS) is 22.8. The molecule has 2 aromatic rings. The lowest BCUT2D eigenvalue weighted by molar-refractivity contribution is 0.0472. The van der Waals surface area contributed by atoms with Crippen LogP contribution >= 0.6 is 0 Å². The number of rotatable bonds is 5. The fourth-order valence-electron chi connectivity index (χ4n) is 4.02. The van der Waals surface area contributed by atoms with Gasteiger partial charge in [0, 0.05) is 44.4 Å². The number of amides is 1. The van der Waals surface area contributed by atoms with Gasteiger partial charge in [0.1, 0.15) is 6.61 Å². The maximum absolute atomic E-state index is 12.2. The van der Waals surface area contributed by atoms with Crippen molar-refractivity contribution in [3.05, 3.63) is 59.8 Å². The van der Waals surface area contributed by atoms with Gasteiger partial charge >= 0.3 is 6.09 Å². The number of aromatic nitrogens is 1. The van der Waals surface area contributed by atoms with Crippen LogP contribution in [0, 0.1) is 0 Å². The van der Waals surface area contributed by atoms with Gasteiger partial charge in [0.05, 0.1) is 12.6 Å². The second-order valence-electron chi connectivity index (χ2n) is 6.98. The van der Waals surface area contributed by atoms with Gasteiger partial charge in [-0.25, -0.2) is 9.78 Å². The Morgan fingerprint density at radius 1 is 1.19 bits per heavy atom. The highest BCUT2D eigenvalue weighted by molar-refractivity contribution is 5.71. The number of ether oxygens (including phenoxy) is 2. The Bertz CT molecular complexity index is 783. The molecule has 26 heavy (non-hydrogen) atoms. The first kappa shape index (κ1) is 16.8. The van der Waals surface area contributed by atoms with E-state index in [1.54, 1.807) is 13.3 Å². The van der Waals surface area contributed by atoms with Crippen molar-refractivity contribution >= 4 is 6.09 Å². The van der Waals surface area contributed by atoms with Crippen molar-refractivity contribution in [2.75, 3.05) is 33.4 Å². The van der Waals surface area contributed by atoms with Crippen molar-refractivity contribution in [2.45, 2.75) is 18.5 Å². The first-order valence-corrected chi connectivity index (χ1v) is 8.89. The molecule has 0 bridgehead atoms. The zero-order valence-corrected chi connectivity index (χ0v) is 14.9. The highest BCUT2D eigenvalue weighted by atomic mass is 16.6. The summed E-state index contributed by atoms with van der Waals surface area (Å²) >= 11 is 0. The predicted molar refractivity (Wildman–Crippen MR) is 97.0 cm³/mol. The number of methoxy groups -OCH3 is 1. The molecule has 1 unspecified atom stereocenters. The van der Waals surface area contributed by atoms with Crippen LogP contribution in [0.25, 0.3) is 0 Å². The van der Waals surface area contributed by atoms with Crippen LogP contribution in [-0.2, 0) is 17.7 Å². The number of piperazine rings is 1. The summed E-state index contributed by atoms with van der Waals surface area (Å²) in [5.41, 5.74) is 1.96. The van der Waals surface area contributed by atoms with Crippen molar-refractivity contribution in [3.8, 4) is 5.88 Å². The van der Waals surface area contributed by atoms with Gasteiger partial charge in [-0.05, 0) is 11.6 Å². The van der Waals surface area contributed by atoms with Crippen LogP contribution in [0.15, 0.2) is 48.7 Å². The molecule has 0 N–H and O–H groups in total. The number of hydrogen-bond donors (Lipinski definition) is 0. The maximum Gasteiger partial charge on any atom is 0.410 e. The SMILES string of the molecule is COc1ncccc1CN1CCN2C(=O)OCC2(Cc2ccccc2)C1. The molecular formula is C20H23N3O3. The number of nitrogens with zero attached hydrogens (tertiary/aromatic N) is 3. The molecule has 6 nitrogen and oxygen atoms in total. The van der Waals surface area contributed by atoms with Crippen LogP contribution in [0.1, 0.15) is 11.1 Å². The highest BCUT2D eigenvalue weighted by Gasteiger charge is 2.50. The lowest BCUT2D eigenvalue weighted by Crippen LogP contribution is -2.62. The fraction of sp³-hybridized carbons (Fsp3) is 0.400. The van der Waals surface area contributed by atoms with Gasteiger partial charge in [-0.1, -0.05) is 36.4 Å². The van der Waals surface area contributed by atoms with Gasteiger partial charge in [-0.15, -0.1) is 0 Å². The highest BCUT2D eigenvalue weighted by Crippen LogP contribution is 2.33. The summed E-state index contributed by atoms with van der Waals surface area (Å²) in [5, 5.41) is 0. The number of fused-ring (bicyclic) bond motifs is 1. The summed E-state index contributed by atoms with van der Waals surface area (Å²) < 4.78 is 10.8. The van der Waals surface area contributed by atoms with Crippen molar-refractivity contribution in [1.29, 1.82) is 0 Å². The number of hydrogen-bond acceptors (Lipinski definition) is 5. The third-order valence-corrected chi connectivity index (χ3v) is 5.23. The molecule has 4 rings (SSSR count). The second-order valence-corrected chi connectivity index (χ2v) is 6.98. The van der Waals surface area contributed by atoms with E-state index in [1.807, 2.05) is 35.2 Å². The number of pyridine rings is 1. The molecule has 1 aromatic heterocycles. The molecule has 1 aromatic carbocycles. The van der Waals surface area contributed by atoms with Gasteiger partial charge in [0.15, 0.2) is 0 Å². The van der Waals surface area contributed by atoms with Crippen LogP contribution < -0.4 is 4.74 Å². The monoisotopic (exact) mass is 353 g/mol. The standard InChI is InChI=1S/C20H23N3O3/c1-25-18-17(8-5-9-21-18)13-22-10-11-23-19(24)26-15-20(23,14-22)12-16-6-3-2-4-7-16/h2-9H,10-15H2,1H3. The first-order chi connectivity index (χ1) is 12.7. The Labute approximate surface area is 153 Å². The largest absolute Gasteiger partial charge is 0.481 e. The third-order valence-electron chi connectivity index (χ3n) is 5.23. The van der Waals surface area contributed by atoms with Crippen LogP contribution in [0.5, 0.6) is 5.88 Å². The van der Waals surface area contributed by atoms with E-state index >= 15 is 0 Å². The molecule has 6 heteroatoms. The molecule has 2 aliphatic rings. The van der Waals surface area contributed by atoms with Crippen molar-refractivity contribution < 1.29 is 14.3 Å². The topological polar surface area (TPSA) is 54.9 Å². The third kappa shape index (κ3) is 3.12. The second kappa shape index (κ2) is 6.96. The summed E-state index contributed by atoms with van der Waals surface area (Å²) in [6, 6.07) is 14.3. The number of cyclic esters (lactones) is 1. The lowest BCUT2D eigenvalue weighted by Gasteiger charge is -2.45. The minimum Gasteiger partial charge on any atom is -0.481 e. The molecule has 0 spiro atoms. The molecule has 2 saturated heterocycles. The first-order valence-electron chi connectivity index (χ1n) is 8.89. The van der Waals surface area contributed by atoms with E-state index < -0.39 is 0 Å². The quantitative estimate of drug-likeness (QED) is 0.826. The molecule has 0 saturated carbocycles. The van der Waals surface area contributed by atoms with E-state index in [4.69, 9.17) is 9.47 Å². The van der Waals surface area contributed by atoms with Crippen LogP contribution in [0.3, 0.4) is 0 Å². The molecule has 0 aliphatic carbocycles. The van der Waals surface area contributed by atoms with E-state index in [9.17, 15) is 4.79 Å². The molecular weight excluding hydrogens is 330 g/mol. The number of carbonyl (C=O) groups is 1. The Balaban J connectivity index is 1.56. The summed E-state index contributed by atoms with van der Waals surface area (Å²) in [4.78, 5) is 20.8. The van der Waals surface area contributed by atoms with Crippen LogP contribution in [0.2, 0.25) is 0 Å². The summed E-state index contributed by atoms with van der Waals surface area (Å²) in [6.45, 7) is 3.43. The van der Waals surface area contributed by atoms with E-state index in [2.05, 4.69) is 22.0 Å². The Kier molecular flexibility index (Phi) is 4.51. The number of carbonyl (C=O) groups excluding carboxylic acids is 1. The Morgan fingerprint density at radius 2 is 2.04 bits per heavy atom. The number of benzene rings is 1. The summed E-state index contributed by atoms with van der Waals surface area (Å²) in [5.74, 6) is 0.658. The summed E-state index contributed by atoms with van der Waals surface area (Å²) in [6.07, 6.45) is 2.33. The molecule has 2 fully saturated rings. The summed E-state index contributed by atoms with van der Waals surface area (Å²) in [7, 11) is 1.64. The van der Waals surface area contributed by atoms with Crippen LogP contribution in [0.4, 0.5) is 4.79 Å². The van der Waals surface area contributed by atoms with Gasteiger partial charge in [-0.3, -0.25) is 9.80 Å². The predicted octanol–water partition coefficient (Wildman–Crippen LogP) is 2.34. The molecule has 1 atom stereocenters. The molecule has 2 aliphatic heterocycles. The fourth-order valence-corrected chi connectivity index (χ4v) is 4.02. The molecule has 136 valence electrons. The van der Waals surface area contributed by atoms with Crippen molar-refractivity contribution in [2.24, 2.45) is 0 Å². The Hall–Kier alpha value is -2.60. The van der Waals surface area contributed by atoms with Crippen molar-refractivity contribution in [1.82, 2.24) is 14.8 Å². The van der Waals surface area contributed by atoms with Gasteiger partial charge in [0.2, 0.25) is 5.88 Å². The minimum absolute atomic E-state index is 0.195. The van der Waals surface area contributed by atoms with E-state index in [0.717, 1.165) is 31.6 Å². The van der Waals surface area contributed by atoms with E-state index in [1.165, 1.54) is 5.56 Å². The smallest absolute Gasteiger partial charge is 0.410 e.